The first-order chi connectivity index (χ1) is 11.1. The van der Waals surface area contributed by atoms with E-state index in [-0.39, 0.29) is 5.75 Å². The van der Waals surface area contributed by atoms with Gasteiger partial charge < -0.3 is 14.6 Å². The molecule has 2 aromatic carbocycles. The summed E-state index contributed by atoms with van der Waals surface area (Å²) in [6, 6.07) is 14.2. The minimum absolute atomic E-state index is 0.110. The van der Waals surface area contributed by atoms with Crippen LogP contribution >= 0.6 is 15.9 Å². The zero-order valence-electron chi connectivity index (χ0n) is 12.2. The van der Waals surface area contributed by atoms with Gasteiger partial charge in [-0.05, 0) is 34.1 Å². The lowest BCUT2D eigenvalue weighted by Gasteiger charge is -2.10. The molecule has 5 heteroatoms. The number of phenolic OH excluding ortho intramolecular Hbond substituents is 1. The van der Waals surface area contributed by atoms with Crippen LogP contribution in [-0.2, 0) is 9.53 Å². The van der Waals surface area contributed by atoms with Crippen molar-refractivity contribution in [3.8, 4) is 11.5 Å². The Kier molecular flexibility index (Phi) is 4.21. The Morgan fingerprint density at radius 1 is 1.13 bits per heavy atom. The minimum Gasteiger partial charge on any atom is -0.507 e. The van der Waals surface area contributed by atoms with Crippen LogP contribution in [0.1, 0.15) is 11.1 Å². The Morgan fingerprint density at radius 2 is 1.83 bits per heavy atom. The number of hydrogen-bond acceptors (Lipinski definition) is 4. The summed E-state index contributed by atoms with van der Waals surface area (Å²) >= 11 is 3.29. The highest BCUT2D eigenvalue weighted by atomic mass is 79.9. The predicted octanol–water partition coefficient (Wildman–Crippen LogP) is 4.10. The van der Waals surface area contributed by atoms with E-state index in [1.807, 2.05) is 24.3 Å². The number of carbonyl (C=O) groups excluding carboxylic acids is 1. The van der Waals surface area contributed by atoms with E-state index in [1.54, 1.807) is 37.5 Å². The largest absolute Gasteiger partial charge is 0.507 e. The molecule has 1 heterocycles. The number of esters is 1. The summed E-state index contributed by atoms with van der Waals surface area (Å²) in [6.45, 7) is 0. The fraction of sp³-hybridized carbons (Fsp3) is 0.0556. The first kappa shape index (κ1) is 15.4. The normalized spacial score (nSPS) is 15.9. The van der Waals surface area contributed by atoms with Crippen LogP contribution in [0.4, 0.5) is 0 Å². The molecule has 0 fully saturated rings. The molecule has 0 aromatic heterocycles. The van der Waals surface area contributed by atoms with Crippen LogP contribution in [0.5, 0.6) is 11.5 Å². The number of benzene rings is 2. The number of rotatable bonds is 3. The third-order valence-electron chi connectivity index (χ3n) is 3.45. The van der Waals surface area contributed by atoms with Gasteiger partial charge in [0.05, 0.1) is 7.11 Å². The van der Waals surface area contributed by atoms with Gasteiger partial charge in [0.25, 0.3) is 0 Å². The maximum Gasteiger partial charge on any atom is 0.351 e. The van der Waals surface area contributed by atoms with E-state index < -0.39 is 5.97 Å². The monoisotopic (exact) mass is 372 g/mol. The Bertz CT molecular complexity index is 836. The van der Waals surface area contributed by atoms with E-state index in [1.165, 1.54) is 0 Å². The summed E-state index contributed by atoms with van der Waals surface area (Å²) in [4.78, 5) is 12.0. The average molecular weight is 373 g/mol. The van der Waals surface area contributed by atoms with Crippen LogP contribution in [0.15, 0.2) is 58.8 Å². The molecule has 0 bridgehead atoms. The van der Waals surface area contributed by atoms with Crippen LogP contribution in [0.25, 0.3) is 11.6 Å². The molecule has 1 aliphatic heterocycles. The molecule has 4 nitrogen and oxygen atoms in total. The molecule has 1 aliphatic rings. The molecule has 0 spiro atoms. The van der Waals surface area contributed by atoms with Gasteiger partial charge in [0, 0.05) is 16.7 Å². The van der Waals surface area contributed by atoms with Gasteiger partial charge in [-0.3, -0.25) is 0 Å². The predicted molar refractivity (Wildman–Crippen MR) is 91.0 cm³/mol. The summed E-state index contributed by atoms with van der Waals surface area (Å²) in [5, 5.41) is 9.92. The lowest BCUT2D eigenvalue weighted by Crippen LogP contribution is -1.94. The molecule has 0 atom stereocenters. The third kappa shape index (κ3) is 2.87. The Morgan fingerprint density at radius 3 is 2.57 bits per heavy atom. The number of ether oxygens (including phenoxy) is 2. The van der Waals surface area contributed by atoms with E-state index in [0.29, 0.717) is 27.1 Å². The van der Waals surface area contributed by atoms with Gasteiger partial charge in [-0.1, -0.05) is 36.4 Å². The van der Waals surface area contributed by atoms with Crippen molar-refractivity contribution in [3.63, 3.8) is 0 Å². The molecule has 0 saturated carbocycles. The molecule has 0 amide bonds. The second-order valence-corrected chi connectivity index (χ2v) is 5.64. The van der Waals surface area contributed by atoms with Crippen molar-refractivity contribution in [3.05, 3.63) is 69.9 Å². The second-order valence-electron chi connectivity index (χ2n) is 4.85. The minimum atomic E-state index is -0.479. The van der Waals surface area contributed by atoms with Crippen molar-refractivity contribution >= 4 is 33.5 Å². The number of para-hydroxylation sites is 2. The number of halogens is 1. The number of cyclic esters (lactones) is 1. The topological polar surface area (TPSA) is 55.8 Å². The van der Waals surface area contributed by atoms with Crippen LogP contribution < -0.4 is 4.74 Å². The maximum absolute atomic E-state index is 12.0. The Labute approximate surface area is 141 Å². The van der Waals surface area contributed by atoms with Crippen molar-refractivity contribution < 1.29 is 19.4 Å². The standard InChI is InChI=1S/C18H13BrO4/c1-22-14-9-5-3-7-12(14)16-15(23-18(21)17(16)19)10-11-6-2-4-8-13(11)20/h2-10,20H,1H3/b15-10-. The van der Waals surface area contributed by atoms with Crippen molar-refractivity contribution in [2.24, 2.45) is 0 Å². The second kappa shape index (κ2) is 6.30. The number of allylic oxidation sites excluding steroid dienone is 1. The van der Waals surface area contributed by atoms with Gasteiger partial charge in [-0.25, -0.2) is 4.79 Å². The molecule has 3 rings (SSSR count). The van der Waals surface area contributed by atoms with E-state index >= 15 is 0 Å². The van der Waals surface area contributed by atoms with Gasteiger partial charge in [0.1, 0.15) is 21.7 Å². The lowest BCUT2D eigenvalue weighted by molar-refractivity contribution is -0.132. The van der Waals surface area contributed by atoms with Crippen LogP contribution in [0.2, 0.25) is 0 Å². The van der Waals surface area contributed by atoms with Crippen molar-refractivity contribution in [2.45, 2.75) is 0 Å². The first-order valence-corrected chi connectivity index (χ1v) is 7.66. The van der Waals surface area contributed by atoms with Crippen molar-refractivity contribution in [2.75, 3.05) is 7.11 Å². The molecule has 0 aliphatic carbocycles. The highest BCUT2D eigenvalue weighted by Crippen LogP contribution is 2.42. The third-order valence-corrected chi connectivity index (χ3v) is 4.17. The van der Waals surface area contributed by atoms with Crippen LogP contribution in [0, 0.1) is 0 Å². The summed E-state index contributed by atoms with van der Waals surface area (Å²) in [7, 11) is 1.57. The molecular weight excluding hydrogens is 360 g/mol. The van der Waals surface area contributed by atoms with Gasteiger partial charge in [-0.15, -0.1) is 0 Å². The Hall–Kier alpha value is -2.53. The molecule has 0 saturated heterocycles. The molecule has 0 radical (unpaired) electrons. The zero-order chi connectivity index (χ0) is 16.4. The molecular formula is C18H13BrO4. The van der Waals surface area contributed by atoms with E-state index in [4.69, 9.17) is 9.47 Å². The number of methoxy groups -OCH3 is 1. The number of phenols is 1. The van der Waals surface area contributed by atoms with Gasteiger partial charge in [0.2, 0.25) is 0 Å². The van der Waals surface area contributed by atoms with Crippen LogP contribution in [-0.4, -0.2) is 18.2 Å². The van der Waals surface area contributed by atoms with E-state index in [2.05, 4.69) is 15.9 Å². The van der Waals surface area contributed by atoms with Crippen molar-refractivity contribution in [1.29, 1.82) is 0 Å². The van der Waals surface area contributed by atoms with E-state index in [9.17, 15) is 9.90 Å². The SMILES string of the molecule is COc1ccccc1C1=C(Br)C(=O)O/C1=C\c1ccccc1O. The van der Waals surface area contributed by atoms with Crippen LogP contribution in [0.3, 0.4) is 0 Å². The smallest absolute Gasteiger partial charge is 0.351 e. The summed E-state index contributed by atoms with van der Waals surface area (Å²) in [5.41, 5.74) is 1.88. The number of aromatic hydroxyl groups is 1. The quantitative estimate of drug-likeness (QED) is 0.823. The van der Waals surface area contributed by atoms with Crippen molar-refractivity contribution in [1.82, 2.24) is 0 Å². The molecule has 0 unspecified atom stereocenters. The average Bonchev–Trinajstić information content (AvgIpc) is 2.84. The fourth-order valence-corrected chi connectivity index (χ4v) is 2.85. The highest BCUT2D eigenvalue weighted by Gasteiger charge is 2.31. The summed E-state index contributed by atoms with van der Waals surface area (Å²) in [5.74, 6) is 0.611. The molecule has 116 valence electrons. The molecule has 23 heavy (non-hydrogen) atoms. The van der Waals surface area contributed by atoms with Gasteiger partial charge >= 0.3 is 5.97 Å². The molecule has 1 N–H and O–H groups in total. The highest BCUT2D eigenvalue weighted by molar-refractivity contribution is 9.12. The molecule has 2 aromatic rings. The maximum atomic E-state index is 12.0. The summed E-state index contributed by atoms with van der Waals surface area (Å²) in [6.07, 6.45) is 1.63. The van der Waals surface area contributed by atoms with E-state index in [0.717, 1.165) is 5.56 Å². The lowest BCUT2D eigenvalue weighted by atomic mass is 10.0. The number of hydrogen-bond donors (Lipinski definition) is 1. The fourth-order valence-electron chi connectivity index (χ4n) is 2.36. The first-order valence-electron chi connectivity index (χ1n) is 6.87. The van der Waals surface area contributed by atoms with Gasteiger partial charge in [-0.2, -0.15) is 0 Å². The van der Waals surface area contributed by atoms with Gasteiger partial charge in [0.15, 0.2) is 0 Å². The zero-order valence-corrected chi connectivity index (χ0v) is 13.8. The number of carbonyl (C=O) groups is 1. The Balaban J connectivity index is 2.16. The summed E-state index contributed by atoms with van der Waals surface area (Å²) < 4.78 is 11.0.